The normalized spacial score (nSPS) is 10.2. The lowest BCUT2D eigenvalue weighted by Crippen LogP contribution is -2.21. The highest BCUT2D eigenvalue weighted by atomic mass is 79.9. The van der Waals surface area contributed by atoms with Crippen LogP contribution in [0.2, 0.25) is 0 Å². The highest BCUT2D eigenvalue weighted by Crippen LogP contribution is 2.16. The van der Waals surface area contributed by atoms with Gasteiger partial charge in [-0.05, 0) is 25.1 Å². The molecule has 0 fully saturated rings. The van der Waals surface area contributed by atoms with E-state index in [1.807, 2.05) is 0 Å². The van der Waals surface area contributed by atoms with E-state index in [1.54, 1.807) is 6.92 Å². The molecule has 0 aliphatic rings. The van der Waals surface area contributed by atoms with Gasteiger partial charge in [0.1, 0.15) is 5.82 Å². The van der Waals surface area contributed by atoms with Gasteiger partial charge in [0.15, 0.2) is 6.61 Å². The number of nitrogens with one attached hydrogen (secondary N) is 1. The average molecular weight is 357 g/mol. The number of hydrogen-bond donors (Lipinski definition) is 1. The Morgan fingerprint density at radius 2 is 2.19 bits per heavy atom. The molecule has 0 spiro atoms. The Kier molecular flexibility index (Phi) is 4.69. The molecule has 2 rings (SSSR count). The highest BCUT2D eigenvalue weighted by Gasteiger charge is 2.16. The van der Waals surface area contributed by atoms with Gasteiger partial charge in [-0.15, -0.1) is 0 Å². The number of halogens is 2. The molecule has 1 aromatic carbocycles. The predicted octanol–water partition coefficient (Wildman–Crippen LogP) is 2.68. The summed E-state index contributed by atoms with van der Waals surface area (Å²) in [4.78, 5) is 23.2. The largest absolute Gasteiger partial charge is 0.452 e. The number of carbonyl (C=O) groups is 2. The van der Waals surface area contributed by atoms with E-state index in [9.17, 15) is 14.0 Å². The van der Waals surface area contributed by atoms with Crippen LogP contribution in [0, 0.1) is 12.7 Å². The Morgan fingerprint density at radius 1 is 1.43 bits per heavy atom. The van der Waals surface area contributed by atoms with Crippen molar-refractivity contribution in [2.45, 2.75) is 6.92 Å². The summed E-state index contributed by atoms with van der Waals surface area (Å²) in [6.07, 6.45) is 0. The lowest BCUT2D eigenvalue weighted by Gasteiger charge is -2.05. The summed E-state index contributed by atoms with van der Waals surface area (Å²) in [5.74, 6) is -2.13. The number of rotatable bonds is 4. The van der Waals surface area contributed by atoms with Gasteiger partial charge in [0.2, 0.25) is 5.88 Å². The molecule has 0 atom stereocenters. The second kappa shape index (κ2) is 6.49. The molecule has 2 aromatic rings. The molecular formula is C13H10BrFN2O4. The van der Waals surface area contributed by atoms with Gasteiger partial charge in [0.05, 0.1) is 11.3 Å². The van der Waals surface area contributed by atoms with Gasteiger partial charge >= 0.3 is 5.97 Å². The molecule has 0 aliphatic heterocycles. The van der Waals surface area contributed by atoms with E-state index in [-0.39, 0.29) is 11.4 Å². The fraction of sp³-hybridized carbons (Fsp3) is 0.154. The first-order valence-electron chi connectivity index (χ1n) is 5.81. The molecule has 1 amide bonds. The van der Waals surface area contributed by atoms with E-state index >= 15 is 0 Å². The van der Waals surface area contributed by atoms with Gasteiger partial charge in [0, 0.05) is 10.5 Å². The van der Waals surface area contributed by atoms with Gasteiger partial charge in [-0.25, -0.2) is 9.18 Å². The summed E-state index contributed by atoms with van der Waals surface area (Å²) in [6.45, 7) is 1.12. The molecule has 0 saturated carbocycles. The molecule has 0 unspecified atom stereocenters. The molecule has 1 N–H and O–H groups in total. The van der Waals surface area contributed by atoms with Gasteiger partial charge in [-0.2, -0.15) is 0 Å². The first-order valence-corrected chi connectivity index (χ1v) is 6.60. The molecule has 6 nitrogen and oxygen atoms in total. The van der Waals surface area contributed by atoms with Gasteiger partial charge in [-0.3, -0.25) is 10.1 Å². The quantitative estimate of drug-likeness (QED) is 0.851. The third-order valence-electron chi connectivity index (χ3n) is 2.37. The number of aryl methyl sites for hydroxylation is 1. The van der Waals surface area contributed by atoms with E-state index in [4.69, 9.17) is 9.26 Å². The van der Waals surface area contributed by atoms with E-state index in [0.717, 1.165) is 6.07 Å². The molecule has 0 saturated heterocycles. The molecule has 8 heteroatoms. The average Bonchev–Trinajstić information content (AvgIpc) is 2.84. The van der Waals surface area contributed by atoms with Crippen LogP contribution in [-0.2, 0) is 9.53 Å². The smallest absolute Gasteiger partial charge is 0.341 e. The molecule has 0 aliphatic carbocycles. The van der Waals surface area contributed by atoms with E-state index in [0.29, 0.717) is 10.2 Å². The fourth-order valence-electron chi connectivity index (χ4n) is 1.46. The summed E-state index contributed by atoms with van der Waals surface area (Å²) in [6, 6.07) is 5.35. The van der Waals surface area contributed by atoms with Gasteiger partial charge in [0.25, 0.3) is 5.91 Å². The second-order valence-corrected chi connectivity index (χ2v) is 5.00. The van der Waals surface area contributed by atoms with Crippen LogP contribution in [0.5, 0.6) is 0 Å². The molecule has 0 bridgehead atoms. The third-order valence-corrected chi connectivity index (χ3v) is 2.87. The topological polar surface area (TPSA) is 81.4 Å². The maximum Gasteiger partial charge on any atom is 0.341 e. The van der Waals surface area contributed by atoms with Crippen LogP contribution >= 0.6 is 15.9 Å². The number of esters is 1. The van der Waals surface area contributed by atoms with Crippen molar-refractivity contribution in [3.05, 3.63) is 45.8 Å². The molecule has 21 heavy (non-hydrogen) atoms. The number of ether oxygens (including phenoxy) is 1. The Labute approximate surface area is 127 Å². The monoisotopic (exact) mass is 356 g/mol. The van der Waals surface area contributed by atoms with Crippen LogP contribution in [0.1, 0.15) is 16.1 Å². The lowest BCUT2D eigenvalue weighted by molar-refractivity contribution is -0.119. The minimum Gasteiger partial charge on any atom is -0.452 e. The van der Waals surface area contributed by atoms with E-state index < -0.39 is 24.3 Å². The van der Waals surface area contributed by atoms with Crippen molar-refractivity contribution in [3.8, 4) is 0 Å². The maximum absolute atomic E-state index is 13.4. The van der Waals surface area contributed by atoms with Crippen molar-refractivity contribution in [1.29, 1.82) is 0 Å². The van der Waals surface area contributed by atoms with Crippen LogP contribution < -0.4 is 5.32 Å². The molecule has 1 heterocycles. The number of benzene rings is 1. The summed E-state index contributed by atoms with van der Waals surface area (Å²) in [5, 5.41) is 5.93. The number of anilines is 1. The zero-order valence-corrected chi connectivity index (χ0v) is 12.4. The van der Waals surface area contributed by atoms with Crippen LogP contribution in [0.4, 0.5) is 10.3 Å². The van der Waals surface area contributed by atoms with Crippen molar-refractivity contribution in [3.63, 3.8) is 0 Å². The number of amides is 1. The number of nitrogens with zero attached hydrogens (tertiary/aromatic N) is 1. The fourth-order valence-corrected chi connectivity index (χ4v) is 1.82. The number of hydrogen-bond acceptors (Lipinski definition) is 5. The van der Waals surface area contributed by atoms with Crippen molar-refractivity contribution in [1.82, 2.24) is 5.16 Å². The zero-order valence-electron chi connectivity index (χ0n) is 10.9. The van der Waals surface area contributed by atoms with E-state index in [2.05, 4.69) is 26.4 Å². The van der Waals surface area contributed by atoms with Crippen molar-refractivity contribution in [2.75, 3.05) is 11.9 Å². The molecule has 0 radical (unpaired) electrons. The Hall–Kier alpha value is -2.22. The minimum atomic E-state index is -0.933. The minimum absolute atomic E-state index is 0.141. The Balaban J connectivity index is 1.91. The summed E-state index contributed by atoms with van der Waals surface area (Å²) >= 11 is 3.12. The first kappa shape index (κ1) is 15.2. The molecular weight excluding hydrogens is 347 g/mol. The third kappa shape index (κ3) is 4.12. The van der Waals surface area contributed by atoms with Crippen molar-refractivity contribution in [2.24, 2.45) is 0 Å². The Morgan fingerprint density at radius 3 is 2.86 bits per heavy atom. The standard InChI is InChI=1S/C13H10BrFN2O4/c1-7-4-12(21-17-7)16-11(18)6-20-13(19)9-5-8(14)2-3-10(9)15/h2-5H,6H2,1H3,(H,16,18). The van der Waals surface area contributed by atoms with Crippen LogP contribution in [0.15, 0.2) is 33.3 Å². The van der Waals surface area contributed by atoms with Crippen molar-refractivity contribution < 1.29 is 23.2 Å². The van der Waals surface area contributed by atoms with Gasteiger partial charge < -0.3 is 9.26 Å². The first-order chi connectivity index (χ1) is 9.95. The van der Waals surface area contributed by atoms with Gasteiger partial charge in [-0.1, -0.05) is 21.1 Å². The van der Waals surface area contributed by atoms with Crippen LogP contribution in [0.25, 0.3) is 0 Å². The highest BCUT2D eigenvalue weighted by molar-refractivity contribution is 9.10. The van der Waals surface area contributed by atoms with Crippen LogP contribution in [0.3, 0.4) is 0 Å². The summed E-state index contributed by atoms with van der Waals surface area (Å²) in [5.41, 5.74) is 0.339. The van der Waals surface area contributed by atoms with E-state index in [1.165, 1.54) is 18.2 Å². The maximum atomic E-state index is 13.4. The Bertz CT molecular complexity index is 687. The number of carbonyl (C=O) groups excluding carboxylic acids is 2. The number of aromatic nitrogens is 1. The van der Waals surface area contributed by atoms with Crippen LogP contribution in [-0.4, -0.2) is 23.6 Å². The summed E-state index contributed by atoms with van der Waals surface area (Å²) in [7, 11) is 0. The second-order valence-electron chi connectivity index (χ2n) is 4.08. The summed E-state index contributed by atoms with van der Waals surface area (Å²) < 4.78 is 23.5. The predicted molar refractivity (Wildman–Crippen MR) is 74.3 cm³/mol. The SMILES string of the molecule is Cc1cc(NC(=O)COC(=O)c2cc(Br)ccc2F)on1. The molecule has 1 aromatic heterocycles. The lowest BCUT2D eigenvalue weighted by atomic mass is 10.2. The van der Waals surface area contributed by atoms with Crippen molar-refractivity contribution >= 4 is 33.7 Å². The zero-order chi connectivity index (χ0) is 15.4. The molecule has 110 valence electrons.